The Bertz CT molecular complexity index is 1350. The van der Waals surface area contributed by atoms with Crippen LogP contribution in [0.4, 0.5) is 17.6 Å². The van der Waals surface area contributed by atoms with Crippen LogP contribution in [0.1, 0.15) is 30.5 Å². The monoisotopic (exact) mass is 510 g/mol. The summed E-state index contributed by atoms with van der Waals surface area (Å²) in [6, 6.07) is 15.1. The minimum atomic E-state index is -2.98. The second-order valence-electron chi connectivity index (χ2n) is 8.51. The number of nitrogens with one attached hydrogen (secondary N) is 1. The highest BCUT2D eigenvalue weighted by Gasteiger charge is 2.22. The second-order valence-corrected chi connectivity index (χ2v) is 8.51. The molecule has 2 heterocycles. The predicted molar refractivity (Wildman–Crippen MR) is 137 cm³/mol. The third-order valence-electron chi connectivity index (χ3n) is 6.02. The lowest BCUT2D eigenvalue weighted by Gasteiger charge is -2.13. The summed E-state index contributed by atoms with van der Waals surface area (Å²) in [4.78, 5) is 4.70. The minimum absolute atomic E-state index is 0.0215. The number of fused-ring (bicyclic) bond motifs is 1. The number of hydrogen-bond acceptors (Lipinski definition) is 4. The molecule has 0 radical (unpaired) electrons. The smallest absolute Gasteiger partial charge is 0.387 e. The van der Waals surface area contributed by atoms with E-state index in [0.717, 1.165) is 24.1 Å². The number of nitriles is 1. The number of nitrogens with zero attached hydrogens (tertiary/aromatic N) is 3. The lowest BCUT2D eigenvalue weighted by atomic mass is 10.1. The Morgan fingerprint density at radius 3 is 2.51 bits per heavy atom. The molecule has 1 aromatic heterocycles. The lowest BCUT2D eigenvalue weighted by molar-refractivity contribution is -0.0497. The molecular weight excluding hydrogens is 484 g/mol. The third kappa shape index (κ3) is 6.09. The highest BCUT2D eigenvalue weighted by molar-refractivity contribution is 5.96. The largest absolute Gasteiger partial charge is 0.435 e. The van der Waals surface area contributed by atoms with Gasteiger partial charge in [0.25, 0.3) is 0 Å². The average Bonchev–Trinajstić information content (AvgIpc) is 3.28. The molecular formula is C28H26F4N4O. The molecule has 0 saturated carbocycles. The number of para-hydroxylation sites is 1. The standard InChI is InChI=1S/C28H26F4N4O/c29-14-20(15-30)34-17-19-7-3-1-6-10-25(35-18-19)27-24(16-33)23-12-11-22(37-28(31)32)13-26(23)36(27)21-8-4-2-5-9-21/h2,4-5,7-13,18,20,28,34H,1,3,6,14-15,17H2/b19-7-,25-10+,35-18-. The van der Waals surface area contributed by atoms with E-state index in [0.29, 0.717) is 34.3 Å². The number of allylic oxidation sites excluding steroid dienone is 2. The lowest BCUT2D eigenvalue weighted by Crippen LogP contribution is -2.34. The number of benzene rings is 2. The molecule has 5 nitrogen and oxygen atoms in total. The van der Waals surface area contributed by atoms with Gasteiger partial charge < -0.3 is 14.6 Å². The number of alkyl halides is 4. The van der Waals surface area contributed by atoms with Gasteiger partial charge in [0.05, 0.1) is 28.5 Å². The summed E-state index contributed by atoms with van der Waals surface area (Å²) in [5.41, 5.74) is 3.43. The summed E-state index contributed by atoms with van der Waals surface area (Å²) in [5.74, 6) is -0.0215. The first-order chi connectivity index (χ1) is 18.0. The van der Waals surface area contributed by atoms with Crippen LogP contribution in [-0.4, -0.2) is 43.3 Å². The summed E-state index contributed by atoms with van der Waals surface area (Å²) in [6.07, 6.45) is 7.81. The Kier molecular flexibility index (Phi) is 8.75. The van der Waals surface area contributed by atoms with E-state index in [4.69, 9.17) is 4.99 Å². The Labute approximate surface area is 212 Å². The molecule has 192 valence electrons. The molecule has 0 bridgehead atoms. The summed E-state index contributed by atoms with van der Waals surface area (Å²) in [7, 11) is 0. The highest BCUT2D eigenvalue weighted by atomic mass is 19.3. The Morgan fingerprint density at radius 2 is 1.81 bits per heavy atom. The number of rotatable bonds is 9. The van der Waals surface area contributed by atoms with Gasteiger partial charge in [-0.05, 0) is 49.1 Å². The quantitative estimate of drug-likeness (QED) is 0.333. The van der Waals surface area contributed by atoms with E-state index in [1.54, 1.807) is 12.3 Å². The van der Waals surface area contributed by atoms with Gasteiger partial charge in [0.15, 0.2) is 0 Å². The van der Waals surface area contributed by atoms with Gasteiger partial charge in [0.2, 0.25) is 0 Å². The van der Waals surface area contributed by atoms with Crippen molar-refractivity contribution < 1.29 is 22.3 Å². The minimum Gasteiger partial charge on any atom is -0.435 e. The van der Waals surface area contributed by atoms with Crippen LogP contribution in [0.5, 0.6) is 5.75 Å². The first-order valence-corrected chi connectivity index (χ1v) is 11.9. The zero-order valence-electron chi connectivity index (χ0n) is 20.0. The van der Waals surface area contributed by atoms with Crippen LogP contribution in [0.2, 0.25) is 0 Å². The molecule has 0 saturated heterocycles. The summed E-state index contributed by atoms with van der Waals surface area (Å²) in [6.45, 7) is -4.36. The second kappa shape index (κ2) is 12.4. The molecule has 0 unspecified atom stereocenters. The van der Waals surface area contributed by atoms with Crippen molar-refractivity contribution in [3.63, 3.8) is 0 Å². The van der Waals surface area contributed by atoms with Gasteiger partial charge >= 0.3 is 6.61 Å². The first kappa shape index (κ1) is 26.2. The van der Waals surface area contributed by atoms with Gasteiger partial charge in [-0.1, -0.05) is 30.4 Å². The fourth-order valence-electron chi connectivity index (χ4n) is 4.24. The number of ether oxygens (including phenoxy) is 1. The van der Waals surface area contributed by atoms with Gasteiger partial charge in [-0.3, -0.25) is 4.99 Å². The van der Waals surface area contributed by atoms with Crippen LogP contribution in [0.15, 0.2) is 71.2 Å². The van der Waals surface area contributed by atoms with Gasteiger partial charge in [-0.25, -0.2) is 8.78 Å². The fraction of sp³-hybridized carbons (Fsp3) is 0.286. The van der Waals surface area contributed by atoms with Crippen LogP contribution in [-0.2, 0) is 0 Å². The molecule has 37 heavy (non-hydrogen) atoms. The summed E-state index contributed by atoms with van der Waals surface area (Å²) < 4.78 is 58.2. The fourth-order valence-corrected chi connectivity index (χ4v) is 4.24. The van der Waals surface area contributed by atoms with Crippen molar-refractivity contribution >= 4 is 22.8 Å². The molecule has 1 aliphatic rings. The van der Waals surface area contributed by atoms with E-state index in [9.17, 15) is 22.8 Å². The number of aliphatic imine (C=N–C) groups is 1. The summed E-state index contributed by atoms with van der Waals surface area (Å²) >= 11 is 0. The molecule has 9 heteroatoms. The van der Waals surface area contributed by atoms with Crippen LogP contribution in [0, 0.1) is 11.3 Å². The van der Waals surface area contributed by atoms with Crippen LogP contribution in [0.25, 0.3) is 22.3 Å². The maximum Gasteiger partial charge on any atom is 0.387 e. The highest BCUT2D eigenvalue weighted by Crippen LogP contribution is 2.36. The Hall–Kier alpha value is -3.90. The van der Waals surface area contributed by atoms with E-state index < -0.39 is 26.0 Å². The molecule has 0 atom stereocenters. The SMILES string of the molecule is N#Cc1c(C2=C\CCC\C=C(CNC(CF)CF)/C=N\2)n(-c2ccccc2)c2cc(OC(F)F)ccc12. The number of hydrogen-bond donors (Lipinski definition) is 1. The van der Waals surface area contributed by atoms with Crippen molar-refractivity contribution in [1.82, 2.24) is 9.88 Å². The van der Waals surface area contributed by atoms with E-state index in [1.165, 1.54) is 12.1 Å². The molecule has 1 N–H and O–H groups in total. The van der Waals surface area contributed by atoms with E-state index in [-0.39, 0.29) is 12.3 Å². The van der Waals surface area contributed by atoms with Crippen molar-refractivity contribution in [2.75, 3.05) is 19.9 Å². The summed E-state index contributed by atoms with van der Waals surface area (Å²) in [5, 5.41) is 13.6. The zero-order chi connectivity index (χ0) is 26.2. The molecule has 3 aromatic rings. The predicted octanol–water partition coefficient (Wildman–Crippen LogP) is 6.52. The van der Waals surface area contributed by atoms with Crippen molar-refractivity contribution in [2.24, 2.45) is 4.99 Å². The Balaban J connectivity index is 1.85. The zero-order valence-corrected chi connectivity index (χ0v) is 20.0. The molecule has 2 aromatic carbocycles. The average molecular weight is 511 g/mol. The van der Waals surface area contributed by atoms with Crippen molar-refractivity contribution in [2.45, 2.75) is 31.9 Å². The molecule has 4 rings (SSSR count). The Morgan fingerprint density at radius 1 is 1.05 bits per heavy atom. The third-order valence-corrected chi connectivity index (χ3v) is 6.02. The van der Waals surface area contributed by atoms with Crippen LogP contribution < -0.4 is 10.1 Å². The normalized spacial score (nSPS) is 17.9. The topological polar surface area (TPSA) is 62.3 Å². The van der Waals surface area contributed by atoms with Crippen molar-refractivity contribution in [1.29, 1.82) is 5.26 Å². The van der Waals surface area contributed by atoms with Gasteiger partial charge in [0.1, 0.15) is 25.2 Å². The number of aromatic nitrogens is 1. The first-order valence-electron chi connectivity index (χ1n) is 11.9. The molecule has 0 aliphatic carbocycles. The van der Waals surface area contributed by atoms with Gasteiger partial charge in [0, 0.05) is 29.9 Å². The van der Waals surface area contributed by atoms with E-state index >= 15 is 0 Å². The molecule has 0 amide bonds. The molecule has 1 aliphatic heterocycles. The maximum atomic E-state index is 12.9. The van der Waals surface area contributed by atoms with Crippen molar-refractivity contribution in [3.05, 3.63) is 77.5 Å². The van der Waals surface area contributed by atoms with Gasteiger partial charge in [-0.2, -0.15) is 14.0 Å². The molecule has 0 spiro atoms. The van der Waals surface area contributed by atoms with Crippen molar-refractivity contribution in [3.8, 4) is 17.5 Å². The maximum absolute atomic E-state index is 12.9. The van der Waals surface area contributed by atoms with E-state index in [1.807, 2.05) is 47.1 Å². The van der Waals surface area contributed by atoms with Crippen LogP contribution in [0.3, 0.4) is 0 Å². The van der Waals surface area contributed by atoms with Gasteiger partial charge in [-0.15, -0.1) is 0 Å². The number of halogens is 4. The van der Waals surface area contributed by atoms with Crippen LogP contribution >= 0.6 is 0 Å². The van der Waals surface area contributed by atoms with E-state index in [2.05, 4.69) is 16.1 Å². The molecule has 0 fully saturated rings.